The van der Waals surface area contributed by atoms with Gasteiger partial charge in [-0.25, -0.2) is 0 Å². The molecule has 0 saturated carbocycles. The monoisotopic (exact) mass is 434 g/mol. The van der Waals surface area contributed by atoms with Crippen LogP contribution in [0.15, 0.2) is 30.6 Å². The van der Waals surface area contributed by atoms with Gasteiger partial charge in [-0.15, -0.1) is 0 Å². The Morgan fingerprint density at radius 2 is 1.97 bits per heavy atom. The summed E-state index contributed by atoms with van der Waals surface area (Å²) in [6.07, 6.45) is -1.33. The van der Waals surface area contributed by atoms with Crippen LogP contribution in [0.3, 0.4) is 0 Å². The van der Waals surface area contributed by atoms with Crippen molar-refractivity contribution in [1.82, 2.24) is 30.8 Å². The molecule has 31 heavy (non-hydrogen) atoms. The molecule has 0 bridgehead atoms. The number of aromatic nitrogens is 4. The van der Waals surface area contributed by atoms with E-state index in [0.29, 0.717) is 28.9 Å². The van der Waals surface area contributed by atoms with Crippen LogP contribution in [0.25, 0.3) is 0 Å². The van der Waals surface area contributed by atoms with E-state index in [1.165, 1.54) is 19.3 Å². The molecule has 3 aromatic heterocycles. The van der Waals surface area contributed by atoms with Crippen LogP contribution in [0.4, 0.5) is 13.2 Å². The molecular weight excluding hydrogens is 413 g/mol. The van der Waals surface area contributed by atoms with Crippen LogP contribution in [0.2, 0.25) is 0 Å². The van der Waals surface area contributed by atoms with Crippen LogP contribution in [-0.4, -0.2) is 39.0 Å². The Bertz CT molecular complexity index is 1090. The van der Waals surface area contributed by atoms with Gasteiger partial charge in [-0.2, -0.15) is 18.3 Å². The highest BCUT2D eigenvalue weighted by molar-refractivity contribution is 5.94. The van der Waals surface area contributed by atoms with Crippen molar-refractivity contribution in [1.29, 1.82) is 0 Å². The zero-order chi connectivity index (χ0) is 22.8. The lowest BCUT2D eigenvalue weighted by Gasteiger charge is -2.12. The molecule has 1 unspecified atom stereocenters. The Morgan fingerprint density at radius 1 is 1.23 bits per heavy atom. The first-order valence-electron chi connectivity index (χ1n) is 9.37. The van der Waals surface area contributed by atoms with Crippen molar-refractivity contribution >= 4 is 11.8 Å². The topological polar surface area (TPSA) is 116 Å². The highest BCUT2D eigenvalue weighted by Gasteiger charge is 2.32. The first kappa shape index (κ1) is 22.1. The van der Waals surface area contributed by atoms with Gasteiger partial charge >= 0.3 is 6.18 Å². The summed E-state index contributed by atoms with van der Waals surface area (Å²) >= 11 is 0. The summed E-state index contributed by atoms with van der Waals surface area (Å²) < 4.78 is 38.0. The predicted molar refractivity (Wildman–Crippen MR) is 105 cm³/mol. The molecule has 0 radical (unpaired) electrons. The molecule has 3 aromatic rings. The van der Waals surface area contributed by atoms with E-state index in [-0.39, 0.29) is 17.5 Å². The third-order valence-electron chi connectivity index (χ3n) is 4.86. The number of nitrogens with zero attached hydrogens (tertiary/aromatic N) is 2. The molecule has 3 rings (SSSR count). The molecular formula is C20H21F3N6O2. The number of hydrogen-bond acceptors (Lipinski definition) is 4. The minimum absolute atomic E-state index is 0.210. The van der Waals surface area contributed by atoms with Crippen molar-refractivity contribution in [3.05, 3.63) is 70.1 Å². The highest BCUT2D eigenvalue weighted by atomic mass is 19.4. The smallest absolute Gasteiger partial charge is 0.357 e. The lowest BCUT2D eigenvalue weighted by molar-refractivity contribution is -0.141. The minimum Gasteiger partial charge on any atom is -0.357 e. The summed E-state index contributed by atoms with van der Waals surface area (Å²) in [5, 5.41) is 11.9. The molecule has 0 saturated heterocycles. The molecule has 3 heterocycles. The normalized spacial score (nSPS) is 12.5. The van der Waals surface area contributed by atoms with Crippen LogP contribution in [0, 0.1) is 6.92 Å². The fourth-order valence-corrected chi connectivity index (χ4v) is 3.02. The maximum atomic E-state index is 12.7. The molecule has 0 aliphatic carbocycles. The molecule has 1 atom stereocenters. The number of pyridine rings is 1. The molecule has 164 valence electrons. The van der Waals surface area contributed by atoms with Gasteiger partial charge in [-0.05, 0) is 42.7 Å². The number of alkyl halides is 3. The van der Waals surface area contributed by atoms with Crippen molar-refractivity contribution in [2.24, 2.45) is 0 Å². The number of amides is 2. The second-order valence-corrected chi connectivity index (χ2v) is 7.02. The Kier molecular flexibility index (Phi) is 6.14. The third-order valence-corrected chi connectivity index (χ3v) is 4.86. The molecule has 8 nitrogen and oxygen atoms in total. The third kappa shape index (κ3) is 4.93. The fraction of sp³-hybridized carbons (Fsp3) is 0.300. The van der Waals surface area contributed by atoms with Crippen LogP contribution >= 0.6 is 0 Å². The van der Waals surface area contributed by atoms with Gasteiger partial charge in [-0.3, -0.25) is 19.7 Å². The standard InChI is InChI=1S/C20H21F3N6O2/c1-10-13(6-12-4-5-16(25-8-12)20(21,22)23)9-26-17(10)19(31)27-11(2)14-7-15(29-28-14)18(30)24-3/h4-5,7-9,11,26H,6H2,1-3H3,(H,24,30)(H,27,31)(H,28,29). The summed E-state index contributed by atoms with van der Waals surface area (Å²) in [6.45, 7) is 3.49. The number of nitrogens with one attached hydrogen (secondary N) is 4. The van der Waals surface area contributed by atoms with E-state index in [9.17, 15) is 22.8 Å². The first-order valence-corrected chi connectivity index (χ1v) is 9.37. The summed E-state index contributed by atoms with van der Waals surface area (Å²) in [6, 6.07) is 3.41. The van der Waals surface area contributed by atoms with E-state index in [1.807, 2.05) is 0 Å². The van der Waals surface area contributed by atoms with Crippen molar-refractivity contribution in [3.8, 4) is 0 Å². The average Bonchev–Trinajstić information content (AvgIpc) is 3.35. The number of carbonyl (C=O) groups is 2. The van der Waals surface area contributed by atoms with Crippen LogP contribution in [0.5, 0.6) is 0 Å². The number of carbonyl (C=O) groups excluding carboxylic acids is 2. The first-order chi connectivity index (χ1) is 14.6. The molecule has 0 aromatic carbocycles. The van der Waals surface area contributed by atoms with Gasteiger partial charge in [0.1, 0.15) is 17.1 Å². The fourth-order valence-electron chi connectivity index (χ4n) is 3.02. The summed E-state index contributed by atoms with van der Waals surface area (Å²) in [5.41, 5.74) is 2.20. The zero-order valence-corrected chi connectivity index (χ0v) is 17.0. The molecule has 0 spiro atoms. The average molecular weight is 434 g/mol. The van der Waals surface area contributed by atoms with Crippen molar-refractivity contribution in [2.45, 2.75) is 32.5 Å². The Morgan fingerprint density at radius 3 is 2.58 bits per heavy atom. The van der Waals surface area contributed by atoms with Gasteiger partial charge in [0, 0.05) is 25.9 Å². The number of aromatic amines is 2. The second-order valence-electron chi connectivity index (χ2n) is 7.02. The van der Waals surface area contributed by atoms with Gasteiger partial charge < -0.3 is 15.6 Å². The molecule has 0 aliphatic rings. The van der Waals surface area contributed by atoms with E-state index < -0.39 is 17.9 Å². The van der Waals surface area contributed by atoms with Crippen LogP contribution in [-0.2, 0) is 12.6 Å². The van der Waals surface area contributed by atoms with Gasteiger partial charge in [0.2, 0.25) is 0 Å². The number of rotatable bonds is 6. The SMILES string of the molecule is CNC(=O)c1cc(C(C)NC(=O)c2[nH]cc(Cc3ccc(C(F)(F)F)nc3)c2C)[nH]n1. The van der Waals surface area contributed by atoms with E-state index in [2.05, 4.69) is 30.8 Å². The van der Waals surface area contributed by atoms with E-state index in [0.717, 1.165) is 11.6 Å². The number of halogens is 3. The van der Waals surface area contributed by atoms with E-state index in [1.54, 1.807) is 26.1 Å². The molecule has 4 N–H and O–H groups in total. The van der Waals surface area contributed by atoms with Crippen molar-refractivity contribution in [3.63, 3.8) is 0 Å². The number of hydrogen-bond donors (Lipinski definition) is 4. The minimum atomic E-state index is -4.49. The maximum Gasteiger partial charge on any atom is 0.433 e. The lowest BCUT2D eigenvalue weighted by atomic mass is 10.0. The van der Waals surface area contributed by atoms with Crippen LogP contribution < -0.4 is 10.6 Å². The second kappa shape index (κ2) is 8.62. The van der Waals surface area contributed by atoms with Gasteiger partial charge in [0.25, 0.3) is 11.8 Å². The van der Waals surface area contributed by atoms with Crippen molar-refractivity contribution in [2.75, 3.05) is 7.05 Å². The summed E-state index contributed by atoms with van der Waals surface area (Å²) in [5.74, 6) is -0.707. The predicted octanol–water partition coefficient (Wildman–Crippen LogP) is 2.90. The molecule has 11 heteroatoms. The van der Waals surface area contributed by atoms with Gasteiger partial charge in [0.15, 0.2) is 0 Å². The largest absolute Gasteiger partial charge is 0.433 e. The number of H-pyrrole nitrogens is 2. The highest BCUT2D eigenvalue weighted by Crippen LogP contribution is 2.27. The lowest BCUT2D eigenvalue weighted by Crippen LogP contribution is -2.27. The Labute approximate surface area is 175 Å². The molecule has 2 amide bonds. The summed E-state index contributed by atoms with van der Waals surface area (Å²) in [7, 11) is 1.49. The van der Waals surface area contributed by atoms with Gasteiger partial charge in [-0.1, -0.05) is 6.07 Å². The van der Waals surface area contributed by atoms with Crippen LogP contribution in [0.1, 0.15) is 62.0 Å². The Hall–Kier alpha value is -3.63. The summed E-state index contributed by atoms with van der Waals surface area (Å²) in [4.78, 5) is 30.7. The maximum absolute atomic E-state index is 12.7. The zero-order valence-electron chi connectivity index (χ0n) is 17.0. The van der Waals surface area contributed by atoms with Gasteiger partial charge in [0.05, 0.1) is 11.7 Å². The van der Waals surface area contributed by atoms with E-state index >= 15 is 0 Å². The molecule has 0 fully saturated rings. The van der Waals surface area contributed by atoms with E-state index in [4.69, 9.17) is 0 Å². The molecule has 0 aliphatic heterocycles. The Balaban J connectivity index is 1.68. The van der Waals surface area contributed by atoms with Crippen molar-refractivity contribution < 1.29 is 22.8 Å². The quantitative estimate of drug-likeness (QED) is 0.477.